The van der Waals surface area contributed by atoms with Crippen LogP contribution in [0.15, 0.2) is 18.2 Å². The Morgan fingerprint density at radius 3 is 2.54 bits per heavy atom. The van der Waals surface area contributed by atoms with Gasteiger partial charge in [-0.2, -0.15) is 0 Å². The monoisotopic (exact) mass is 337 g/mol. The fraction of sp³-hybridized carbons (Fsp3) is 0.529. The molecule has 3 N–H and O–H groups in total. The number of likely N-dealkylation sites (tertiary alicyclic amines) is 1. The van der Waals surface area contributed by atoms with Crippen LogP contribution in [0.5, 0.6) is 0 Å². The molecule has 1 saturated heterocycles. The third-order valence-corrected chi connectivity index (χ3v) is 5.17. The largest absolute Gasteiger partial charge is 0.351 e. The van der Waals surface area contributed by atoms with Crippen molar-refractivity contribution in [1.29, 1.82) is 0 Å². The van der Waals surface area contributed by atoms with Gasteiger partial charge in [-0.1, -0.05) is 18.9 Å². The van der Waals surface area contributed by atoms with E-state index in [9.17, 15) is 18.4 Å². The second-order valence-corrected chi connectivity index (χ2v) is 6.66. The van der Waals surface area contributed by atoms with Crippen molar-refractivity contribution in [2.45, 2.75) is 43.6 Å². The van der Waals surface area contributed by atoms with Crippen molar-refractivity contribution >= 4 is 11.9 Å². The first-order valence-electron chi connectivity index (χ1n) is 8.23. The lowest BCUT2D eigenvalue weighted by Gasteiger charge is -2.30. The Hall–Kier alpha value is -2.18. The molecule has 0 aromatic heterocycles. The fourth-order valence-corrected chi connectivity index (χ4v) is 3.88. The summed E-state index contributed by atoms with van der Waals surface area (Å²) in [4.78, 5) is 25.6. The molecule has 24 heavy (non-hydrogen) atoms. The highest BCUT2D eigenvalue weighted by Crippen LogP contribution is 2.42. The van der Waals surface area contributed by atoms with E-state index in [-0.39, 0.29) is 17.5 Å². The third-order valence-electron chi connectivity index (χ3n) is 5.17. The van der Waals surface area contributed by atoms with E-state index in [0.29, 0.717) is 32.4 Å². The van der Waals surface area contributed by atoms with Crippen molar-refractivity contribution < 1.29 is 18.4 Å². The molecule has 1 saturated carbocycles. The maximum Gasteiger partial charge on any atom is 0.314 e. The highest BCUT2D eigenvalue weighted by Gasteiger charge is 2.45. The van der Waals surface area contributed by atoms with Crippen molar-refractivity contribution in [3.05, 3.63) is 35.4 Å². The Labute approximate surface area is 139 Å². The van der Waals surface area contributed by atoms with Gasteiger partial charge in [-0.3, -0.25) is 4.79 Å². The average molecular weight is 337 g/mol. The maximum absolute atomic E-state index is 14.3. The molecule has 2 aliphatic rings. The lowest BCUT2D eigenvalue weighted by Crippen LogP contribution is -2.48. The summed E-state index contributed by atoms with van der Waals surface area (Å²) in [5.74, 6) is -1.59. The van der Waals surface area contributed by atoms with Crippen LogP contribution >= 0.6 is 0 Å². The van der Waals surface area contributed by atoms with Gasteiger partial charge in [-0.15, -0.1) is 0 Å². The lowest BCUT2D eigenvalue weighted by atomic mass is 9.77. The predicted octanol–water partition coefficient (Wildman–Crippen LogP) is 2.05. The van der Waals surface area contributed by atoms with Crippen molar-refractivity contribution in [3.63, 3.8) is 0 Å². The quantitative estimate of drug-likeness (QED) is 0.886. The summed E-state index contributed by atoms with van der Waals surface area (Å²) in [6.07, 6.45) is 3.34. The van der Waals surface area contributed by atoms with Crippen molar-refractivity contribution in [1.82, 2.24) is 10.2 Å². The van der Waals surface area contributed by atoms with E-state index in [1.165, 1.54) is 17.0 Å². The summed E-state index contributed by atoms with van der Waals surface area (Å²) in [5.41, 5.74) is 4.55. The number of carbonyl (C=O) groups excluding carboxylic acids is 2. The molecular formula is C17H21F2N3O2. The predicted molar refractivity (Wildman–Crippen MR) is 84.2 cm³/mol. The molecule has 1 heterocycles. The van der Waals surface area contributed by atoms with E-state index >= 15 is 0 Å². The first-order chi connectivity index (χ1) is 11.4. The van der Waals surface area contributed by atoms with Crippen LogP contribution in [0, 0.1) is 11.6 Å². The van der Waals surface area contributed by atoms with Crippen molar-refractivity contribution in [2.24, 2.45) is 5.73 Å². The highest BCUT2D eigenvalue weighted by molar-refractivity contribution is 5.89. The van der Waals surface area contributed by atoms with E-state index < -0.39 is 23.1 Å². The van der Waals surface area contributed by atoms with Crippen LogP contribution in [-0.2, 0) is 10.2 Å². The summed E-state index contributed by atoms with van der Waals surface area (Å²) < 4.78 is 27.5. The smallest absolute Gasteiger partial charge is 0.314 e. The van der Waals surface area contributed by atoms with Gasteiger partial charge < -0.3 is 16.0 Å². The minimum Gasteiger partial charge on any atom is -0.351 e. The van der Waals surface area contributed by atoms with Gasteiger partial charge in [0.05, 0.1) is 5.41 Å². The number of carbonyl (C=O) groups is 2. The van der Waals surface area contributed by atoms with Gasteiger partial charge >= 0.3 is 6.03 Å². The number of halogens is 2. The van der Waals surface area contributed by atoms with E-state index in [4.69, 9.17) is 5.73 Å². The standard InChI is InChI=1S/C17H21F2N3O2/c18-11-3-4-13(14(19)9-11)17(6-1-2-7-17)15(23)21-12-5-8-22(10-12)16(20)24/h3-4,9,12H,1-2,5-8,10H2,(H2,20,24)(H,21,23). The number of nitrogens with two attached hydrogens (primary N) is 1. The van der Waals surface area contributed by atoms with E-state index in [2.05, 4.69) is 5.32 Å². The molecule has 0 bridgehead atoms. The zero-order valence-electron chi connectivity index (χ0n) is 13.4. The van der Waals surface area contributed by atoms with Crippen LogP contribution in [0.4, 0.5) is 13.6 Å². The van der Waals surface area contributed by atoms with Gasteiger partial charge in [0.25, 0.3) is 0 Å². The normalized spacial score (nSPS) is 22.6. The minimum absolute atomic E-state index is 0.189. The molecule has 2 fully saturated rings. The number of primary amides is 1. The first kappa shape index (κ1) is 16.7. The van der Waals surface area contributed by atoms with E-state index in [0.717, 1.165) is 18.9 Å². The fourth-order valence-electron chi connectivity index (χ4n) is 3.88. The maximum atomic E-state index is 14.3. The van der Waals surface area contributed by atoms with Gasteiger partial charge in [-0.25, -0.2) is 13.6 Å². The van der Waals surface area contributed by atoms with Crippen LogP contribution in [0.25, 0.3) is 0 Å². The molecule has 5 nitrogen and oxygen atoms in total. The molecule has 3 rings (SSSR count). The van der Waals surface area contributed by atoms with Gasteiger partial charge in [0, 0.05) is 30.8 Å². The molecule has 1 aliphatic carbocycles. The number of rotatable bonds is 3. The summed E-state index contributed by atoms with van der Waals surface area (Å²) in [6, 6.07) is 2.70. The molecular weight excluding hydrogens is 316 g/mol. The first-order valence-corrected chi connectivity index (χ1v) is 8.23. The number of hydrogen-bond acceptors (Lipinski definition) is 2. The third kappa shape index (κ3) is 2.95. The molecule has 0 spiro atoms. The number of nitrogens with zero attached hydrogens (tertiary/aromatic N) is 1. The number of hydrogen-bond donors (Lipinski definition) is 2. The number of amides is 3. The number of nitrogens with one attached hydrogen (secondary N) is 1. The Bertz CT molecular complexity index is 659. The summed E-state index contributed by atoms with van der Waals surface area (Å²) in [6.45, 7) is 0.862. The minimum atomic E-state index is -0.960. The van der Waals surface area contributed by atoms with Gasteiger partial charge in [0.1, 0.15) is 11.6 Å². The molecule has 130 valence electrons. The van der Waals surface area contributed by atoms with E-state index in [1.807, 2.05) is 0 Å². The van der Waals surface area contributed by atoms with E-state index in [1.54, 1.807) is 0 Å². The van der Waals surface area contributed by atoms with Crippen LogP contribution in [0.3, 0.4) is 0 Å². The molecule has 0 radical (unpaired) electrons. The zero-order chi connectivity index (χ0) is 17.3. The molecule has 1 unspecified atom stereocenters. The van der Waals surface area contributed by atoms with Gasteiger partial charge in [0.2, 0.25) is 5.91 Å². The second kappa shape index (κ2) is 6.37. The molecule has 7 heteroatoms. The Morgan fingerprint density at radius 1 is 1.25 bits per heavy atom. The summed E-state index contributed by atoms with van der Waals surface area (Å²) >= 11 is 0. The van der Waals surface area contributed by atoms with Crippen LogP contribution < -0.4 is 11.1 Å². The van der Waals surface area contributed by atoms with Gasteiger partial charge in [0.15, 0.2) is 0 Å². The highest BCUT2D eigenvalue weighted by atomic mass is 19.1. The molecule has 3 amide bonds. The topological polar surface area (TPSA) is 75.4 Å². The van der Waals surface area contributed by atoms with Crippen molar-refractivity contribution in [2.75, 3.05) is 13.1 Å². The Kier molecular flexibility index (Phi) is 4.43. The zero-order valence-corrected chi connectivity index (χ0v) is 13.4. The van der Waals surface area contributed by atoms with Gasteiger partial charge in [-0.05, 0) is 25.3 Å². The summed E-state index contributed by atoms with van der Waals surface area (Å²) in [5, 5.41) is 2.94. The van der Waals surface area contributed by atoms with Crippen LogP contribution in [-0.4, -0.2) is 36.0 Å². The molecule has 1 aliphatic heterocycles. The lowest BCUT2D eigenvalue weighted by molar-refractivity contribution is -0.127. The average Bonchev–Trinajstić information content (AvgIpc) is 3.17. The molecule has 1 atom stereocenters. The SMILES string of the molecule is NC(=O)N1CCC(NC(=O)C2(c3ccc(F)cc3F)CCCC2)C1. The number of urea groups is 1. The van der Waals surface area contributed by atoms with Crippen molar-refractivity contribution in [3.8, 4) is 0 Å². The Balaban J connectivity index is 1.80. The second-order valence-electron chi connectivity index (χ2n) is 6.66. The Morgan fingerprint density at radius 2 is 1.96 bits per heavy atom. The van der Waals surface area contributed by atoms with Crippen LogP contribution in [0.1, 0.15) is 37.7 Å². The molecule has 1 aromatic rings. The molecule has 1 aromatic carbocycles. The number of benzene rings is 1. The van der Waals surface area contributed by atoms with Crippen LogP contribution in [0.2, 0.25) is 0 Å². The summed E-state index contributed by atoms with van der Waals surface area (Å²) in [7, 11) is 0.